The second kappa shape index (κ2) is 4.28. The van der Waals surface area contributed by atoms with Crippen LogP contribution in [0.1, 0.15) is 5.56 Å². The normalized spacial score (nSPS) is 10.1. The van der Waals surface area contributed by atoms with Gasteiger partial charge in [-0.1, -0.05) is 11.6 Å². The molecule has 1 aromatic rings. The summed E-state index contributed by atoms with van der Waals surface area (Å²) in [6, 6.07) is 2.72. The maximum Gasteiger partial charge on any atom is 0.293 e. The molecule has 1 rings (SSSR count). The monoisotopic (exact) mass is 279 g/mol. The van der Waals surface area contributed by atoms with Crippen molar-refractivity contribution >= 4 is 38.0 Å². The minimum atomic E-state index is -0.384. The summed E-state index contributed by atoms with van der Waals surface area (Å²) in [5.41, 5.74) is 0.797. The van der Waals surface area contributed by atoms with E-state index in [9.17, 15) is 9.18 Å². The van der Waals surface area contributed by atoms with Gasteiger partial charge >= 0.3 is 0 Å². The first-order chi connectivity index (χ1) is 6.43. The lowest BCUT2D eigenvalue weighted by Gasteiger charge is -2.16. The number of halogens is 3. The molecule has 0 fully saturated rings. The summed E-state index contributed by atoms with van der Waals surface area (Å²) in [4.78, 5) is 11.8. The number of aryl methyl sites for hydroxylation is 1. The molecule has 0 saturated carbocycles. The molecule has 0 heterocycles. The Labute approximate surface area is 94.8 Å². The molecule has 0 N–H and O–H groups in total. The first-order valence-electron chi connectivity index (χ1n) is 3.82. The van der Waals surface area contributed by atoms with Crippen LogP contribution in [0.4, 0.5) is 14.9 Å². The van der Waals surface area contributed by atoms with Gasteiger partial charge in [0.2, 0.25) is 0 Å². The standard InChI is InChI=1S/C9H8BrClFNO/c1-5-3-6(11)8(4-7(5)12)13(2)9(10)14/h3-4H,1-2H3. The third-order valence-electron chi connectivity index (χ3n) is 1.85. The van der Waals surface area contributed by atoms with E-state index in [4.69, 9.17) is 11.6 Å². The molecule has 0 aliphatic rings. The summed E-state index contributed by atoms with van der Waals surface area (Å²) in [5.74, 6) is -0.384. The third kappa shape index (κ3) is 2.25. The van der Waals surface area contributed by atoms with E-state index in [1.165, 1.54) is 24.1 Å². The van der Waals surface area contributed by atoms with E-state index >= 15 is 0 Å². The maximum atomic E-state index is 13.2. The molecule has 0 aliphatic heterocycles. The van der Waals surface area contributed by atoms with Crippen LogP contribution in [-0.4, -0.2) is 11.9 Å². The van der Waals surface area contributed by atoms with Crippen LogP contribution in [0.2, 0.25) is 5.02 Å². The molecular formula is C9H8BrClFNO. The van der Waals surface area contributed by atoms with Crippen molar-refractivity contribution in [2.45, 2.75) is 6.92 Å². The predicted octanol–water partition coefficient (Wildman–Crippen LogP) is 3.74. The minimum Gasteiger partial charge on any atom is -0.304 e. The SMILES string of the molecule is Cc1cc(Cl)c(N(C)C(=O)Br)cc1F. The highest BCUT2D eigenvalue weighted by Crippen LogP contribution is 2.28. The number of nitrogens with zero attached hydrogens (tertiary/aromatic N) is 1. The number of rotatable bonds is 1. The Morgan fingerprint density at radius 1 is 1.57 bits per heavy atom. The molecule has 0 radical (unpaired) electrons. The van der Waals surface area contributed by atoms with Gasteiger partial charge in [-0.25, -0.2) is 4.39 Å². The molecule has 5 heteroatoms. The quantitative estimate of drug-likeness (QED) is 0.567. The van der Waals surface area contributed by atoms with Crippen molar-refractivity contribution in [1.82, 2.24) is 0 Å². The molecule has 1 aromatic carbocycles. The van der Waals surface area contributed by atoms with Gasteiger partial charge in [0.1, 0.15) is 5.82 Å². The Morgan fingerprint density at radius 3 is 2.64 bits per heavy atom. The molecule has 76 valence electrons. The van der Waals surface area contributed by atoms with Gasteiger partial charge in [-0.3, -0.25) is 4.79 Å². The van der Waals surface area contributed by atoms with E-state index in [0.717, 1.165) is 0 Å². The fourth-order valence-corrected chi connectivity index (χ4v) is 1.52. The average molecular weight is 281 g/mol. The zero-order chi connectivity index (χ0) is 10.9. The van der Waals surface area contributed by atoms with Crippen LogP contribution in [0.5, 0.6) is 0 Å². The topological polar surface area (TPSA) is 20.3 Å². The Bertz CT molecular complexity index is 383. The summed E-state index contributed by atoms with van der Waals surface area (Å²) in [6.45, 7) is 1.61. The van der Waals surface area contributed by atoms with Crippen LogP contribution >= 0.6 is 27.5 Å². The molecule has 0 unspecified atom stereocenters. The third-order valence-corrected chi connectivity index (χ3v) is 2.69. The Kier molecular flexibility index (Phi) is 3.50. The molecule has 0 atom stereocenters. The van der Waals surface area contributed by atoms with Crippen molar-refractivity contribution in [1.29, 1.82) is 0 Å². The van der Waals surface area contributed by atoms with Gasteiger partial charge in [0.15, 0.2) is 0 Å². The van der Waals surface area contributed by atoms with Gasteiger partial charge in [-0.15, -0.1) is 0 Å². The lowest BCUT2D eigenvalue weighted by Crippen LogP contribution is -2.19. The molecule has 14 heavy (non-hydrogen) atoms. The van der Waals surface area contributed by atoms with E-state index in [1.54, 1.807) is 6.92 Å². The summed E-state index contributed by atoms with van der Waals surface area (Å²) < 4.78 is 13.2. The van der Waals surface area contributed by atoms with Crippen molar-refractivity contribution in [3.8, 4) is 0 Å². The van der Waals surface area contributed by atoms with Crippen molar-refractivity contribution in [2.24, 2.45) is 0 Å². The van der Waals surface area contributed by atoms with Crippen LogP contribution < -0.4 is 4.90 Å². The van der Waals surface area contributed by atoms with Gasteiger partial charge in [0.05, 0.1) is 10.7 Å². The fourth-order valence-electron chi connectivity index (χ4n) is 0.988. The van der Waals surface area contributed by atoms with Gasteiger partial charge in [0.25, 0.3) is 4.82 Å². The smallest absolute Gasteiger partial charge is 0.293 e. The fraction of sp³-hybridized carbons (Fsp3) is 0.222. The summed E-state index contributed by atoms with van der Waals surface area (Å²) in [6.07, 6.45) is 0. The maximum absolute atomic E-state index is 13.2. The Balaban J connectivity index is 3.22. The number of benzene rings is 1. The molecule has 0 spiro atoms. The Hall–Kier alpha value is -0.610. The first kappa shape index (κ1) is 11.5. The van der Waals surface area contributed by atoms with Crippen molar-refractivity contribution in [3.63, 3.8) is 0 Å². The van der Waals surface area contributed by atoms with E-state index in [1.807, 2.05) is 0 Å². The van der Waals surface area contributed by atoms with E-state index in [-0.39, 0.29) is 10.6 Å². The van der Waals surface area contributed by atoms with Crippen LogP contribution in [0, 0.1) is 12.7 Å². The van der Waals surface area contributed by atoms with Gasteiger partial charge < -0.3 is 4.90 Å². The molecule has 1 amide bonds. The lowest BCUT2D eigenvalue weighted by molar-refractivity contribution is 0.267. The first-order valence-corrected chi connectivity index (χ1v) is 4.99. The van der Waals surface area contributed by atoms with Crippen molar-refractivity contribution < 1.29 is 9.18 Å². The molecule has 2 nitrogen and oxygen atoms in total. The molecular weight excluding hydrogens is 272 g/mol. The lowest BCUT2D eigenvalue weighted by atomic mass is 10.2. The highest BCUT2D eigenvalue weighted by molar-refractivity contribution is 9.18. The minimum absolute atomic E-state index is 0.344. The molecule has 0 saturated heterocycles. The summed E-state index contributed by atoms with van der Waals surface area (Å²) >= 11 is 8.62. The van der Waals surface area contributed by atoms with Gasteiger partial charge in [0, 0.05) is 23.0 Å². The van der Waals surface area contributed by atoms with Crippen molar-refractivity contribution in [3.05, 3.63) is 28.5 Å². The summed E-state index contributed by atoms with van der Waals surface area (Å²) in [5, 5.41) is 0.346. The Morgan fingerprint density at radius 2 is 2.14 bits per heavy atom. The molecule has 0 aliphatic carbocycles. The number of carbonyl (C=O) groups is 1. The molecule has 0 bridgehead atoms. The van der Waals surface area contributed by atoms with E-state index in [0.29, 0.717) is 16.3 Å². The predicted molar refractivity (Wildman–Crippen MR) is 58.9 cm³/mol. The number of amides is 1. The van der Waals surface area contributed by atoms with E-state index in [2.05, 4.69) is 15.9 Å². The van der Waals surface area contributed by atoms with Gasteiger partial charge in [-0.05, 0) is 24.6 Å². The highest BCUT2D eigenvalue weighted by Gasteiger charge is 2.13. The van der Waals surface area contributed by atoms with Crippen LogP contribution in [0.15, 0.2) is 12.1 Å². The van der Waals surface area contributed by atoms with Gasteiger partial charge in [-0.2, -0.15) is 0 Å². The van der Waals surface area contributed by atoms with Crippen molar-refractivity contribution in [2.75, 3.05) is 11.9 Å². The van der Waals surface area contributed by atoms with Crippen LogP contribution in [0.3, 0.4) is 0 Å². The number of hydrogen-bond acceptors (Lipinski definition) is 1. The number of anilines is 1. The van der Waals surface area contributed by atoms with Crippen LogP contribution in [-0.2, 0) is 0 Å². The number of hydrogen-bond donors (Lipinski definition) is 0. The zero-order valence-corrected chi connectivity index (χ0v) is 9.99. The second-order valence-corrected chi connectivity index (χ2v) is 3.95. The number of carbonyl (C=O) groups excluding carboxylic acids is 1. The highest BCUT2D eigenvalue weighted by atomic mass is 79.9. The van der Waals surface area contributed by atoms with E-state index < -0.39 is 0 Å². The second-order valence-electron chi connectivity index (χ2n) is 2.86. The summed E-state index contributed by atoms with van der Waals surface area (Å²) in [7, 11) is 1.51. The zero-order valence-electron chi connectivity index (χ0n) is 7.64. The molecule has 0 aromatic heterocycles. The largest absolute Gasteiger partial charge is 0.304 e. The van der Waals surface area contributed by atoms with Crippen LogP contribution in [0.25, 0.3) is 0 Å². The average Bonchev–Trinajstić information content (AvgIpc) is 2.10.